The molecule has 0 aliphatic carbocycles. The number of hydrogen-bond acceptors (Lipinski definition) is 6. The number of anilines is 1. The molecule has 106 valence electrons. The molecule has 7 heteroatoms. The van der Waals surface area contributed by atoms with Gasteiger partial charge in [0.25, 0.3) is 0 Å². The first kappa shape index (κ1) is 13.4. The molecular weight excluding hydrogens is 286 g/mol. The molecule has 3 rings (SSSR count). The number of nitrogen functional groups attached to an aromatic ring is 1. The van der Waals surface area contributed by atoms with Gasteiger partial charge in [0.05, 0.1) is 5.69 Å². The fourth-order valence-corrected chi connectivity index (χ4v) is 2.74. The number of aromatic nitrogens is 4. The first-order valence-electron chi connectivity index (χ1n) is 6.28. The van der Waals surface area contributed by atoms with Crippen LogP contribution in [0.15, 0.2) is 53.7 Å². The highest BCUT2D eigenvalue weighted by Gasteiger charge is 2.10. The lowest BCUT2D eigenvalue weighted by Gasteiger charge is -2.06. The lowest BCUT2D eigenvalue weighted by Crippen LogP contribution is -1.98. The third kappa shape index (κ3) is 2.97. The molecule has 0 atom stereocenters. The van der Waals surface area contributed by atoms with Gasteiger partial charge in [0.15, 0.2) is 0 Å². The first-order valence-corrected chi connectivity index (χ1v) is 7.26. The number of para-hydroxylation sites is 1. The molecule has 21 heavy (non-hydrogen) atoms. The number of benzene rings is 2. The summed E-state index contributed by atoms with van der Waals surface area (Å²) in [6, 6.07) is 14.6. The fourth-order valence-electron chi connectivity index (χ4n) is 1.86. The molecule has 3 aromatic rings. The van der Waals surface area contributed by atoms with E-state index in [2.05, 4.69) is 15.5 Å². The molecule has 3 N–H and O–H groups in total. The molecule has 0 bridgehead atoms. The van der Waals surface area contributed by atoms with Gasteiger partial charge in [-0.3, -0.25) is 0 Å². The summed E-state index contributed by atoms with van der Waals surface area (Å²) in [4.78, 5) is 0. The van der Waals surface area contributed by atoms with E-state index in [1.165, 1.54) is 11.8 Å². The summed E-state index contributed by atoms with van der Waals surface area (Å²) in [5, 5.41) is 22.2. The molecule has 0 spiro atoms. The number of thioether (sulfide) groups is 1. The lowest BCUT2D eigenvalue weighted by atomic mass is 10.2. The molecule has 0 saturated carbocycles. The van der Waals surface area contributed by atoms with Gasteiger partial charge < -0.3 is 10.8 Å². The van der Waals surface area contributed by atoms with Gasteiger partial charge in [-0.2, -0.15) is 4.68 Å². The Hall–Kier alpha value is -2.54. The van der Waals surface area contributed by atoms with Crippen LogP contribution >= 0.6 is 11.8 Å². The largest absolute Gasteiger partial charge is 0.508 e. The summed E-state index contributed by atoms with van der Waals surface area (Å²) < 4.78 is 1.66. The van der Waals surface area contributed by atoms with Crippen LogP contribution in [-0.2, 0) is 5.75 Å². The van der Waals surface area contributed by atoms with Gasteiger partial charge in [-0.25, -0.2) is 0 Å². The van der Waals surface area contributed by atoms with E-state index >= 15 is 0 Å². The van der Waals surface area contributed by atoms with Gasteiger partial charge in [0.1, 0.15) is 5.75 Å². The number of phenols is 1. The summed E-state index contributed by atoms with van der Waals surface area (Å²) in [6.45, 7) is 0. The standard InChI is InChI=1S/C14H13N5OS/c15-11-6-7-13(20)10(8-11)9-21-14-16-17-18-19(14)12-4-2-1-3-5-12/h1-8,20H,9,15H2. The molecule has 6 nitrogen and oxygen atoms in total. The molecule has 0 radical (unpaired) electrons. The molecule has 0 aliphatic rings. The van der Waals surface area contributed by atoms with Crippen LogP contribution in [0, 0.1) is 0 Å². The van der Waals surface area contributed by atoms with Crippen molar-refractivity contribution in [3.8, 4) is 11.4 Å². The molecule has 1 aromatic heterocycles. The smallest absolute Gasteiger partial charge is 0.214 e. The second kappa shape index (κ2) is 5.84. The van der Waals surface area contributed by atoms with Gasteiger partial charge in [-0.05, 0) is 40.8 Å². The van der Waals surface area contributed by atoms with Crippen molar-refractivity contribution in [1.29, 1.82) is 0 Å². The Kier molecular flexibility index (Phi) is 3.74. The zero-order valence-electron chi connectivity index (χ0n) is 11.0. The van der Waals surface area contributed by atoms with Crippen molar-refractivity contribution in [2.45, 2.75) is 10.9 Å². The van der Waals surface area contributed by atoms with Gasteiger partial charge in [0, 0.05) is 17.0 Å². The van der Waals surface area contributed by atoms with E-state index < -0.39 is 0 Å². The van der Waals surface area contributed by atoms with Gasteiger partial charge in [-0.1, -0.05) is 30.0 Å². The number of hydrogen-bond donors (Lipinski definition) is 2. The maximum Gasteiger partial charge on any atom is 0.214 e. The average molecular weight is 299 g/mol. The number of nitrogens with zero attached hydrogens (tertiary/aromatic N) is 4. The van der Waals surface area contributed by atoms with Crippen LogP contribution in [0.3, 0.4) is 0 Å². The molecule has 0 aliphatic heterocycles. The number of nitrogens with two attached hydrogens (primary N) is 1. The third-order valence-corrected chi connectivity index (χ3v) is 3.87. The van der Waals surface area contributed by atoms with Gasteiger partial charge >= 0.3 is 0 Å². The molecule has 0 fully saturated rings. The molecule has 0 saturated heterocycles. The van der Waals surface area contributed by atoms with Crippen molar-refractivity contribution in [2.24, 2.45) is 0 Å². The van der Waals surface area contributed by atoms with Crippen LogP contribution in [0.5, 0.6) is 5.75 Å². The van der Waals surface area contributed by atoms with Crippen LogP contribution in [-0.4, -0.2) is 25.3 Å². The predicted molar refractivity (Wildman–Crippen MR) is 81.2 cm³/mol. The summed E-state index contributed by atoms with van der Waals surface area (Å²) >= 11 is 1.44. The van der Waals surface area contributed by atoms with Gasteiger partial charge in [-0.15, -0.1) is 5.10 Å². The zero-order valence-corrected chi connectivity index (χ0v) is 11.9. The topological polar surface area (TPSA) is 89.8 Å². The Bertz CT molecular complexity index is 744. The van der Waals surface area contributed by atoms with Crippen LogP contribution in [0.1, 0.15) is 5.56 Å². The third-order valence-electron chi connectivity index (χ3n) is 2.90. The second-order valence-electron chi connectivity index (χ2n) is 4.39. The monoisotopic (exact) mass is 299 g/mol. The fraction of sp³-hybridized carbons (Fsp3) is 0.0714. The molecular formula is C14H13N5OS. The number of rotatable bonds is 4. The molecule has 1 heterocycles. The Morgan fingerprint density at radius 3 is 2.76 bits per heavy atom. The highest BCUT2D eigenvalue weighted by atomic mass is 32.2. The van der Waals surface area contributed by atoms with E-state index in [4.69, 9.17) is 5.73 Å². The lowest BCUT2D eigenvalue weighted by molar-refractivity contribution is 0.471. The second-order valence-corrected chi connectivity index (χ2v) is 5.33. The Balaban J connectivity index is 1.81. The highest BCUT2D eigenvalue weighted by Crippen LogP contribution is 2.28. The van der Waals surface area contributed by atoms with E-state index in [1.807, 2.05) is 30.3 Å². The number of aromatic hydroxyl groups is 1. The summed E-state index contributed by atoms with van der Waals surface area (Å²) in [6.07, 6.45) is 0. The van der Waals surface area contributed by atoms with Crippen LogP contribution < -0.4 is 5.73 Å². The molecule has 0 amide bonds. The van der Waals surface area contributed by atoms with Crippen molar-refractivity contribution in [2.75, 3.05) is 5.73 Å². The van der Waals surface area contributed by atoms with E-state index in [1.54, 1.807) is 22.9 Å². The van der Waals surface area contributed by atoms with E-state index in [-0.39, 0.29) is 5.75 Å². The van der Waals surface area contributed by atoms with Crippen LogP contribution in [0.25, 0.3) is 5.69 Å². The van der Waals surface area contributed by atoms with Crippen molar-refractivity contribution in [1.82, 2.24) is 20.2 Å². The maximum atomic E-state index is 9.82. The Morgan fingerprint density at radius 2 is 1.95 bits per heavy atom. The average Bonchev–Trinajstić information content (AvgIpc) is 2.97. The minimum absolute atomic E-state index is 0.218. The summed E-state index contributed by atoms with van der Waals surface area (Å²) in [7, 11) is 0. The first-order chi connectivity index (χ1) is 10.2. The molecule has 0 unspecified atom stereocenters. The predicted octanol–water partition coefficient (Wildman–Crippen LogP) is 2.24. The van der Waals surface area contributed by atoms with Crippen molar-refractivity contribution < 1.29 is 5.11 Å². The Morgan fingerprint density at radius 1 is 1.14 bits per heavy atom. The van der Waals surface area contributed by atoms with Crippen molar-refractivity contribution in [3.63, 3.8) is 0 Å². The minimum Gasteiger partial charge on any atom is -0.508 e. The molecule has 2 aromatic carbocycles. The van der Waals surface area contributed by atoms with E-state index in [0.29, 0.717) is 16.6 Å². The van der Waals surface area contributed by atoms with Crippen molar-refractivity contribution in [3.05, 3.63) is 54.1 Å². The van der Waals surface area contributed by atoms with Crippen LogP contribution in [0.2, 0.25) is 0 Å². The van der Waals surface area contributed by atoms with Gasteiger partial charge in [0.2, 0.25) is 5.16 Å². The minimum atomic E-state index is 0.218. The maximum absolute atomic E-state index is 9.82. The summed E-state index contributed by atoms with van der Waals surface area (Å²) in [5.74, 6) is 0.750. The zero-order chi connectivity index (χ0) is 14.7. The van der Waals surface area contributed by atoms with E-state index in [9.17, 15) is 5.11 Å². The quantitative estimate of drug-likeness (QED) is 0.436. The SMILES string of the molecule is Nc1ccc(O)c(CSc2nnnn2-c2ccccc2)c1. The normalized spacial score (nSPS) is 10.7. The highest BCUT2D eigenvalue weighted by molar-refractivity contribution is 7.98. The van der Waals surface area contributed by atoms with E-state index in [0.717, 1.165) is 11.3 Å². The number of phenolic OH excluding ortho intramolecular Hbond substituents is 1. The number of tetrazole rings is 1. The summed E-state index contributed by atoms with van der Waals surface area (Å²) in [5.41, 5.74) is 7.99. The van der Waals surface area contributed by atoms with Crippen molar-refractivity contribution >= 4 is 17.4 Å². The van der Waals surface area contributed by atoms with Crippen LogP contribution in [0.4, 0.5) is 5.69 Å². The Labute approximate surface area is 125 Å².